The highest BCUT2D eigenvalue weighted by atomic mass is 79.9. The second kappa shape index (κ2) is 12.0. The van der Waals surface area contributed by atoms with Crippen molar-refractivity contribution in [1.29, 1.82) is 0 Å². The van der Waals surface area contributed by atoms with Gasteiger partial charge >= 0.3 is 0 Å². The molecule has 0 aliphatic rings. The molecular weight excluding hydrogens is 530 g/mol. The average molecular weight is 567 g/mol. The van der Waals surface area contributed by atoms with Crippen LogP contribution in [0, 0.1) is 6.92 Å². The molecular formula is C26H36BrN3O4S. The maximum Gasteiger partial charge on any atom is 0.242 e. The topological polar surface area (TPSA) is 86.8 Å². The van der Waals surface area contributed by atoms with Gasteiger partial charge in [0, 0.05) is 29.5 Å². The molecule has 0 aliphatic heterocycles. The maximum absolute atomic E-state index is 13.3. The van der Waals surface area contributed by atoms with E-state index in [0.717, 1.165) is 21.9 Å². The summed E-state index contributed by atoms with van der Waals surface area (Å²) in [5.41, 5.74) is 1.98. The van der Waals surface area contributed by atoms with Gasteiger partial charge in [-0.2, -0.15) is 0 Å². The van der Waals surface area contributed by atoms with Crippen molar-refractivity contribution in [3.8, 4) is 0 Å². The molecule has 2 aromatic carbocycles. The van der Waals surface area contributed by atoms with Gasteiger partial charge in [0.1, 0.15) is 6.04 Å². The van der Waals surface area contributed by atoms with Gasteiger partial charge in [0.25, 0.3) is 0 Å². The summed E-state index contributed by atoms with van der Waals surface area (Å²) in [7, 11) is -3.52. The molecule has 0 heterocycles. The second-order valence-electron chi connectivity index (χ2n) is 9.84. The van der Waals surface area contributed by atoms with Crippen molar-refractivity contribution in [2.45, 2.75) is 65.6 Å². The minimum absolute atomic E-state index is 0.110. The van der Waals surface area contributed by atoms with Crippen molar-refractivity contribution in [2.75, 3.05) is 17.1 Å². The van der Waals surface area contributed by atoms with Crippen molar-refractivity contribution in [3.05, 3.63) is 64.1 Å². The van der Waals surface area contributed by atoms with Crippen LogP contribution >= 0.6 is 15.9 Å². The van der Waals surface area contributed by atoms with Crippen LogP contribution in [0.2, 0.25) is 0 Å². The van der Waals surface area contributed by atoms with Gasteiger partial charge in [-0.25, -0.2) is 8.42 Å². The highest BCUT2D eigenvalue weighted by Crippen LogP contribution is 2.21. The third-order valence-electron chi connectivity index (χ3n) is 5.35. The van der Waals surface area contributed by atoms with E-state index in [1.807, 2.05) is 64.1 Å². The zero-order valence-corrected chi connectivity index (χ0v) is 23.7. The summed E-state index contributed by atoms with van der Waals surface area (Å²) in [5, 5.41) is 2.94. The Morgan fingerprint density at radius 2 is 1.74 bits per heavy atom. The summed E-state index contributed by atoms with van der Waals surface area (Å²) in [6.07, 6.45) is 1.59. The number of hydrogen-bond donors (Lipinski definition) is 1. The zero-order chi connectivity index (χ0) is 26.4. The number of benzene rings is 2. The smallest absolute Gasteiger partial charge is 0.242 e. The molecule has 2 rings (SSSR count). The van der Waals surface area contributed by atoms with Crippen LogP contribution in [0.5, 0.6) is 0 Å². The Bertz CT molecular complexity index is 1150. The highest BCUT2D eigenvalue weighted by molar-refractivity contribution is 9.10. The average Bonchev–Trinajstić information content (AvgIpc) is 2.72. The van der Waals surface area contributed by atoms with E-state index in [-0.39, 0.29) is 31.3 Å². The molecule has 192 valence electrons. The Morgan fingerprint density at radius 3 is 2.31 bits per heavy atom. The molecule has 7 nitrogen and oxygen atoms in total. The molecule has 0 saturated carbocycles. The number of anilines is 1. The SMILES string of the molecule is Cc1cccc(N(CCCC(=O)N(Cc2cccc(Br)c2)[C@H](C)C(=O)NC(C)(C)C)S(C)(=O)=O)c1. The molecule has 0 unspecified atom stereocenters. The van der Waals surface area contributed by atoms with Crippen LogP contribution in [0.1, 0.15) is 51.7 Å². The highest BCUT2D eigenvalue weighted by Gasteiger charge is 2.28. The molecule has 0 aliphatic carbocycles. The van der Waals surface area contributed by atoms with Gasteiger partial charge in [-0.3, -0.25) is 13.9 Å². The van der Waals surface area contributed by atoms with Crippen LogP contribution < -0.4 is 9.62 Å². The van der Waals surface area contributed by atoms with E-state index >= 15 is 0 Å². The van der Waals surface area contributed by atoms with Crippen LogP contribution in [0.25, 0.3) is 0 Å². The van der Waals surface area contributed by atoms with E-state index in [1.165, 1.54) is 4.31 Å². The number of nitrogens with one attached hydrogen (secondary N) is 1. The summed E-state index contributed by atoms with van der Waals surface area (Å²) >= 11 is 3.45. The first-order valence-electron chi connectivity index (χ1n) is 11.6. The van der Waals surface area contributed by atoms with Gasteiger partial charge in [-0.15, -0.1) is 0 Å². The van der Waals surface area contributed by atoms with E-state index in [4.69, 9.17) is 0 Å². The molecule has 0 fully saturated rings. The number of hydrogen-bond acceptors (Lipinski definition) is 4. The van der Waals surface area contributed by atoms with Crippen molar-refractivity contribution in [2.24, 2.45) is 0 Å². The Balaban J connectivity index is 2.19. The van der Waals surface area contributed by atoms with E-state index in [2.05, 4.69) is 21.2 Å². The predicted octanol–water partition coefficient (Wildman–Crippen LogP) is 4.64. The summed E-state index contributed by atoms with van der Waals surface area (Å²) in [5.74, 6) is -0.447. The summed E-state index contributed by atoms with van der Waals surface area (Å²) < 4.78 is 27.1. The lowest BCUT2D eigenvalue weighted by Crippen LogP contribution is -2.52. The number of halogens is 1. The molecule has 1 N–H and O–H groups in total. The monoisotopic (exact) mass is 565 g/mol. The van der Waals surface area contributed by atoms with Crippen LogP contribution in [-0.4, -0.2) is 49.5 Å². The molecule has 35 heavy (non-hydrogen) atoms. The number of nitrogens with zero attached hydrogens (tertiary/aromatic N) is 2. The normalized spacial score (nSPS) is 12.7. The van der Waals surface area contributed by atoms with Crippen molar-refractivity contribution < 1.29 is 18.0 Å². The predicted molar refractivity (Wildman–Crippen MR) is 145 cm³/mol. The van der Waals surface area contributed by atoms with Crippen LogP contribution in [-0.2, 0) is 26.2 Å². The van der Waals surface area contributed by atoms with Gasteiger partial charge in [0.05, 0.1) is 11.9 Å². The Morgan fingerprint density at radius 1 is 1.09 bits per heavy atom. The van der Waals surface area contributed by atoms with Gasteiger partial charge in [-0.1, -0.05) is 40.2 Å². The minimum atomic E-state index is -3.52. The fraction of sp³-hybridized carbons (Fsp3) is 0.462. The number of carbonyl (C=O) groups is 2. The van der Waals surface area contributed by atoms with Crippen molar-refractivity contribution >= 4 is 43.5 Å². The first-order valence-corrected chi connectivity index (χ1v) is 14.2. The van der Waals surface area contributed by atoms with Gasteiger partial charge < -0.3 is 10.2 Å². The molecule has 2 amide bonds. The zero-order valence-electron chi connectivity index (χ0n) is 21.3. The van der Waals surface area contributed by atoms with E-state index in [0.29, 0.717) is 12.1 Å². The standard InChI is InChI=1S/C26H36BrN3O4S/c1-19-10-7-13-23(16-19)30(35(6,33)34)15-9-14-24(31)29(18-21-11-8-12-22(27)17-21)20(2)25(32)28-26(3,4)5/h7-8,10-13,16-17,20H,9,14-15,18H2,1-6H3,(H,28,32)/t20-/m1/s1. The lowest BCUT2D eigenvalue weighted by Gasteiger charge is -2.32. The minimum Gasteiger partial charge on any atom is -0.350 e. The van der Waals surface area contributed by atoms with E-state index < -0.39 is 21.6 Å². The summed E-state index contributed by atoms with van der Waals surface area (Å²) in [4.78, 5) is 27.8. The third kappa shape index (κ3) is 9.29. The molecule has 0 radical (unpaired) electrons. The van der Waals surface area contributed by atoms with Crippen LogP contribution in [0.15, 0.2) is 53.0 Å². The first-order chi connectivity index (χ1) is 16.2. The Labute approximate surface area is 218 Å². The quantitative estimate of drug-likeness (QED) is 0.454. The molecule has 2 aromatic rings. The molecule has 0 aromatic heterocycles. The maximum atomic E-state index is 13.3. The largest absolute Gasteiger partial charge is 0.350 e. The molecule has 1 atom stereocenters. The lowest BCUT2D eigenvalue weighted by atomic mass is 10.1. The number of sulfonamides is 1. The Hall–Kier alpha value is -2.39. The van der Waals surface area contributed by atoms with Gasteiger partial charge in [-0.05, 0) is 76.4 Å². The molecule has 0 bridgehead atoms. The van der Waals surface area contributed by atoms with E-state index in [1.54, 1.807) is 24.0 Å². The lowest BCUT2D eigenvalue weighted by molar-refractivity contribution is -0.141. The third-order valence-corrected chi connectivity index (χ3v) is 7.04. The van der Waals surface area contributed by atoms with Crippen LogP contribution in [0.4, 0.5) is 5.69 Å². The van der Waals surface area contributed by atoms with Gasteiger partial charge in [0.15, 0.2) is 0 Å². The number of aryl methyl sites for hydroxylation is 1. The fourth-order valence-electron chi connectivity index (χ4n) is 3.68. The van der Waals surface area contributed by atoms with Gasteiger partial charge in [0.2, 0.25) is 21.8 Å². The van der Waals surface area contributed by atoms with E-state index in [9.17, 15) is 18.0 Å². The second-order valence-corrected chi connectivity index (χ2v) is 12.7. The molecule has 0 saturated heterocycles. The molecule has 9 heteroatoms. The van der Waals surface area contributed by atoms with Crippen LogP contribution in [0.3, 0.4) is 0 Å². The Kier molecular flexibility index (Phi) is 9.92. The first kappa shape index (κ1) is 28.8. The number of amides is 2. The number of rotatable bonds is 10. The molecule has 0 spiro atoms. The number of carbonyl (C=O) groups excluding carboxylic acids is 2. The fourth-order valence-corrected chi connectivity index (χ4v) is 5.08. The summed E-state index contributed by atoms with van der Waals surface area (Å²) in [6.45, 7) is 9.73. The van der Waals surface area contributed by atoms with Crippen molar-refractivity contribution in [3.63, 3.8) is 0 Å². The van der Waals surface area contributed by atoms with Crippen molar-refractivity contribution in [1.82, 2.24) is 10.2 Å². The summed E-state index contributed by atoms with van der Waals surface area (Å²) in [6, 6.07) is 14.2.